The van der Waals surface area contributed by atoms with Crippen LogP contribution < -0.4 is 5.32 Å². The Morgan fingerprint density at radius 3 is 2.68 bits per heavy atom. The Balaban J connectivity index is 1.45. The maximum Gasteiger partial charge on any atom is 0.222 e. The average molecular weight is 281 g/mol. The van der Waals surface area contributed by atoms with Crippen molar-refractivity contribution < 1.29 is 0 Å². The molecule has 1 atom stereocenters. The number of hydrogen-bond acceptors (Lipinski definition) is 4. The highest BCUT2D eigenvalue weighted by Gasteiger charge is 2.29. The van der Waals surface area contributed by atoms with E-state index in [-0.39, 0.29) is 0 Å². The van der Waals surface area contributed by atoms with Crippen molar-refractivity contribution in [3.8, 4) is 0 Å². The fourth-order valence-electron chi connectivity index (χ4n) is 3.27. The number of rotatable bonds is 4. The molecule has 0 amide bonds. The van der Waals surface area contributed by atoms with Gasteiger partial charge in [-0.05, 0) is 31.7 Å². The number of hydrogen-bond donors (Lipinski definition) is 1. The monoisotopic (exact) mass is 280 g/mol. The van der Waals surface area contributed by atoms with Crippen molar-refractivity contribution in [1.82, 2.24) is 14.9 Å². The fourth-order valence-corrected chi connectivity index (χ4v) is 3.37. The zero-order valence-electron chi connectivity index (χ0n) is 11.2. The molecule has 2 fully saturated rings. The molecule has 2 heterocycles. The number of halogens is 1. The lowest BCUT2D eigenvalue weighted by atomic mass is 10.1. The van der Waals surface area contributed by atoms with E-state index >= 15 is 0 Å². The van der Waals surface area contributed by atoms with Crippen molar-refractivity contribution >= 4 is 17.5 Å². The summed E-state index contributed by atoms with van der Waals surface area (Å²) in [6.07, 6.45) is 10.2. The van der Waals surface area contributed by atoms with E-state index < -0.39 is 0 Å². The van der Waals surface area contributed by atoms with Crippen LogP contribution in [0.25, 0.3) is 0 Å². The molecule has 1 aromatic rings. The topological polar surface area (TPSA) is 41.1 Å². The van der Waals surface area contributed by atoms with E-state index in [1.54, 1.807) is 12.4 Å². The normalized spacial score (nSPS) is 25.0. The van der Waals surface area contributed by atoms with Gasteiger partial charge in [0.15, 0.2) is 0 Å². The molecule has 1 N–H and O–H groups in total. The number of likely N-dealkylation sites (tertiary alicyclic amines) is 1. The summed E-state index contributed by atoms with van der Waals surface area (Å²) < 4.78 is 0. The third kappa shape index (κ3) is 3.37. The molecule has 0 unspecified atom stereocenters. The first-order valence-electron chi connectivity index (χ1n) is 7.27. The molecule has 1 saturated carbocycles. The van der Waals surface area contributed by atoms with E-state index in [1.165, 1.54) is 45.2 Å². The summed E-state index contributed by atoms with van der Waals surface area (Å²) in [5.74, 6) is 1.41. The van der Waals surface area contributed by atoms with Gasteiger partial charge in [-0.15, -0.1) is 0 Å². The molecule has 1 aliphatic carbocycles. The molecular formula is C14H21ClN4. The first-order valence-corrected chi connectivity index (χ1v) is 7.64. The zero-order chi connectivity index (χ0) is 13.1. The molecule has 0 radical (unpaired) electrons. The number of anilines is 1. The van der Waals surface area contributed by atoms with Crippen LogP contribution in [0.3, 0.4) is 0 Å². The zero-order valence-corrected chi connectivity index (χ0v) is 11.9. The minimum absolute atomic E-state index is 0.582. The maximum absolute atomic E-state index is 5.77. The van der Waals surface area contributed by atoms with Crippen molar-refractivity contribution in [2.45, 2.75) is 38.1 Å². The van der Waals surface area contributed by atoms with Crippen molar-refractivity contribution in [3.05, 3.63) is 17.4 Å². The number of nitrogens with zero attached hydrogens (tertiary/aromatic N) is 3. The van der Waals surface area contributed by atoms with Crippen LogP contribution in [0.2, 0.25) is 5.02 Å². The van der Waals surface area contributed by atoms with Gasteiger partial charge >= 0.3 is 0 Å². The summed E-state index contributed by atoms with van der Waals surface area (Å²) in [6, 6.07) is 0.858. The Morgan fingerprint density at radius 2 is 1.95 bits per heavy atom. The fraction of sp³-hybridized carbons (Fsp3) is 0.714. The van der Waals surface area contributed by atoms with Gasteiger partial charge in [-0.25, -0.2) is 9.97 Å². The van der Waals surface area contributed by atoms with Gasteiger partial charge in [0.25, 0.3) is 0 Å². The molecule has 1 aromatic heterocycles. The number of nitrogens with one attached hydrogen (secondary N) is 1. The molecule has 2 aliphatic rings. The van der Waals surface area contributed by atoms with Crippen molar-refractivity contribution in [2.24, 2.45) is 5.92 Å². The minimum atomic E-state index is 0.582. The standard InChI is InChI=1S/C14H21ClN4/c15-12-8-17-14(18-9-12)16-7-11-5-6-19(10-11)13-3-1-2-4-13/h8-9,11,13H,1-7,10H2,(H,16,17,18)/t11-/m0/s1. The summed E-state index contributed by atoms with van der Waals surface area (Å²) in [7, 11) is 0. The lowest BCUT2D eigenvalue weighted by Gasteiger charge is -2.23. The SMILES string of the molecule is Clc1cnc(NC[C@@H]2CCN(C3CCCC3)C2)nc1. The van der Waals surface area contributed by atoms with E-state index in [0.29, 0.717) is 11.0 Å². The Morgan fingerprint density at radius 1 is 1.21 bits per heavy atom. The average Bonchev–Trinajstić information content (AvgIpc) is 3.09. The Hall–Kier alpha value is -0.870. The second kappa shape index (κ2) is 6.06. The minimum Gasteiger partial charge on any atom is -0.354 e. The highest BCUT2D eigenvalue weighted by Crippen LogP contribution is 2.28. The Kier molecular flexibility index (Phi) is 4.18. The van der Waals surface area contributed by atoms with Gasteiger partial charge in [-0.3, -0.25) is 0 Å². The van der Waals surface area contributed by atoms with Crippen LogP contribution in [0.1, 0.15) is 32.1 Å². The van der Waals surface area contributed by atoms with E-state index in [4.69, 9.17) is 11.6 Å². The lowest BCUT2D eigenvalue weighted by molar-refractivity contribution is 0.238. The number of aromatic nitrogens is 2. The summed E-state index contributed by atoms with van der Waals surface area (Å²) in [5, 5.41) is 3.90. The molecule has 0 aromatic carbocycles. The first kappa shape index (κ1) is 13.1. The van der Waals surface area contributed by atoms with Crippen LogP contribution in [0.15, 0.2) is 12.4 Å². The van der Waals surface area contributed by atoms with E-state index in [1.807, 2.05) is 0 Å². The molecule has 104 valence electrons. The quantitative estimate of drug-likeness (QED) is 0.921. The van der Waals surface area contributed by atoms with E-state index in [0.717, 1.165) is 18.5 Å². The predicted octanol–water partition coefficient (Wildman–Crippen LogP) is 2.81. The Labute approximate surface area is 119 Å². The van der Waals surface area contributed by atoms with Crippen LogP contribution in [0.5, 0.6) is 0 Å². The molecule has 1 aliphatic heterocycles. The summed E-state index contributed by atoms with van der Waals surface area (Å²) in [6.45, 7) is 3.45. The second-order valence-corrected chi connectivity index (χ2v) is 6.13. The van der Waals surface area contributed by atoms with E-state index in [9.17, 15) is 0 Å². The molecular weight excluding hydrogens is 260 g/mol. The molecule has 5 heteroatoms. The third-order valence-electron chi connectivity index (χ3n) is 4.33. The van der Waals surface area contributed by atoms with Gasteiger partial charge in [-0.2, -0.15) is 0 Å². The largest absolute Gasteiger partial charge is 0.354 e. The van der Waals surface area contributed by atoms with Gasteiger partial charge in [0.05, 0.1) is 17.4 Å². The van der Waals surface area contributed by atoms with Gasteiger partial charge < -0.3 is 10.2 Å². The van der Waals surface area contributed by atoms with Crippen LogP contribution in [-0.2, 0) is 0 Å². The van der Waals surface area contributed by atoms with Crippen molar-refractivity contribution in [2.75, 3.05) is 25.0 Å². The summed E-state index contributed by atoms with van der Waals surface area (Å²) in [5.41, 5.74) is 0. The van der Waals surface area contributed by atoms with E-state index in [2.05, 4.69) is 20.2 Å². The Bertz CT molecular complexity index is 402. The van der Waals surface area contributed by atoms with Crippen LogP contribution >= 0.6 is 11.6 Å². The van der Waals surface area contributed by atoms with Gasteiger partial charge in [0.2, 0.25) is 5.95 Å². The third-order valence-corrected chi connectivity index (χ3v) is 4.52. The molecule has 19 heavy (non-hydrogen) atoms. The predicted molar refractivity (Wildman–Crippen MR) is 77.5 cm³/mol. The molecule has 1 saturated heterocycles. The summed E-state index contributed by atoms with van der Waals surface area (Å²) in [4.78, 5) is 11.0. The highest BCUT2D eigenvalue weighted by atomic mass is 35.5. The first-order chi connectivity index (χ1) is 9.31. The van der Waals surface area contributed by atoms with Crippen LogP contribution in [-0.4, -0.2) is 40.5 Å². The molecule has 0 spiro atoms. The second-order valence-electron chi connectivity index (χ2n) is 5.69. The molecule has 3 rings (SSSR count). The maximum atomic E-state index is 5.77. The lowest BCUT2D eigenvalue weighted by Crippen LogP contribution is -2.31. The van der Waals surface area contributed by atoms with Gasteiger partial charge in [-0.1, -0.05) is 24.4 Å². The molecule has 0 bridgehead atoms. The van der Waals surface area contributed by atoms with Gasteiger partial charge in [0, 0.05) is 19.1 Å². The van der Waals surface area contributed by atoms with Crippen molar-refractivity contribution in [1.29, 1.82) is 0 Å². The highest BCUT2D eigenvalue weighted by molar-refractivity contribution is 6.30. The van der Waals surface area contributed by atoms with Crippen LogP contribution in [0, 0.1) is 5.92 Å². The van der Waals surface area contributed by atoms with Gasteiger partial charge in [0.1, 0.15) is 0 Å². The summed E-state index contributed by atoms with van der Waals surface area (Å²) >= 11 is 5.77. The van der Waals surface area contributed by atoms with Crippen molar-refractivity contribution in [3.63, 3.8) is 0 Å². The smallest absolute Gasteiger partial charge is 0.222 e. The van der Waals surface area contributed by atoms with Crippen LogP contribution in [0.4, 0.5) is 5.95 Å². The molecule has 4 nitrogen and oxygen atoms in total.